The van der Waals surface area contributed by atoms with E-state index in [0.29, 0.717) is 11.1 Å². The highest BCUT2D eigenvalue weighted by Gasteiger charge is 2.18. The summed E-state index contributed by atoms with van der Waals surface area (Å²) < 4.78 is 0. The van der Waals surface area contributed by atoms with Crippen LogP contribution >= 0.6 is 11.8 Å². The minimum Gasteiger partial charge on any atom is -0.337 e. The maximum Gasteiger partial charge on any atom is 0.253 e. The zero-order valence-electron chi connectivity index (χ0n) is 8.85. The van der Waals surface area contributed by atoms with Crippen LogP contribution in [0.5, 0.6) is 0 Å². The Kier molecular flexibility index (Phi) is 3.47. The molecule has 4 heteroatoms. The second kappa shape index (κ2) is 5.04. The molecule has 0 saturated carbocycles. The molecule has 0 N–H and O–H groups in total. The summed E-state index contributed by atoms with van der Waals surface area (Å²) in [4.78, 5) is 13.9. The minimum atomic E-state index is 0.0393. The fourth-order valence-electron chi connectivity index (χ4n) is 1.67. The molecule has 1 saturated heterocycles. The van der Waals surface area contributed by atoms with Crippen molar-refractivity contribution in [1.82, 2.24) is 4.90 Å². The first kappa shape index (κ1) is 11.0. The van der Waals surface area contributed by atoms with Crippen molar-refractivity contribution in [3.05, 3.63) is 35.4 Å². The van der Waals surface area contributed by atoms with Crippen molar-refractivity contribution >= 4 is 17.7 Å². The monoisotopic (exact) mass is 232 g/mol. The summed E-state index contributed by atoms with van der Waals surface area (Å²) in [7, 11) is 0. The number of rotatable bonds is 1. The van der Waals surface area contributed by atoms with E-state index in [-0.39, 0.29) is 5.91 Å². The fourth-order valence-corrected chi connectivity index (χ4v) is 2.57. The van der Waals surface area contributed by atoms with Crippen LogP contribution in [0.25, 0.3) is 0 Å². The SMILES string of the molecule is N#Cc1cccc(C(=O)N2CCSCC2)c1. The molecular weight excluding hydrogens is 220 g/mol. The lowest BCUT2D eigenvalue weighted by molar-refractivity contribution is 0.0772. The lowest BCUT2D eigenvalue weighted by Crippen LogP contribution is -2.37. The van der Waals surface area contributed by atoms with Crippen molar-refractivity contribution in [2.24, 2.45) is 0 Å². The highest BCUT2D eigenvalue weighted by atomic mass is 32.2. The van der Waals surface area contributed by atoms with Crippen LogP contribution in [0.15, 0.2) is 24.3 Å². The van der Waals surface area contributed by atoms with E-state index in [0.717, 1.165) is 24.6 Å². The van der Waals surface area contributed by atoms with Crippen molar-refractivity contribution < 1.29 is 4.79 Å². The van der Waals surface area contributed by atoms with Gasteiger partial charge in [0.25, 0.3) is 5.91 Å². The summed E-state index contributed by atoms with van der Waals surface area (Å²) in [6.07, 6.45) is 0. The number of carbonyl (C=O) groups excluding carboxylic acids is 1. The zero-order valence-corrected chi connectivity index (χ0v) is 9.67. The Labute approximate surface area is 99.1 Å². The van der Waals surface area contributed by atoms with Gasteiger partial charge in [0.2, 0.25) is 0 Å². The van der Waals surface area contributed by atoms with Gasteiger partial charge >= 0.3 is 0 Å². The molecule has 1 aromatic carbocycles. The number of thioether (sulfide) groups is 1. The highest BCUT2D eigenvalue weighted by molar-refractivity contribution is 7.99. The molecule has 0 atom stereocenters. The fraction of sp³-hybridized carbons (Fsp3) is 0.333. The Balaban J connectivity index is 2.16. The number of hydrogen-bond acceptors (Lipinski definition) is 3. The van der Waals surface area contributed by atoms with Crippen LogP contribution in [0.4, 0.5) is 0 Å². The Morgan fingerprint density at radius 1 is 1.38 bits per heavy atom. The molecule has 1 amide bonds. The Morgan fingerprint density at radius 2 is 2.12 bits per heavy atom. The van der Waals surface area contributed by atoms with Gasteiger partial charge in [0.1, 0.15) is 0 Å². The summed E-state index contributed by atoms with van der Waals surface area (Å²) in [6.45, 7) is 1.61. The van der Waals surface area contributed by atoms with Gasteiger partial charge in [-0.15, -0.1) is 0 Å². The average molecular weight is 232 g/mol. The molecule has 1 aliphatic rings. The third-order valence-electron chi connectivity index (χ3n) is 2.54. The van der Waals surface area contributed by atoms with E-state index in [4.69, 9.17) is 5.26 Å². The second-order valence-corrected chi connectivity index (χ2v) is 4.82. The lowest BCUT2D eigenvalue weighted by atomic mass is 10.1. The Bertz CT molecular complexity index is 433. The van der Waals surface area contributed by atoms with Crippen LogP contribution in [-0.2, 0) is 0 Å². The van der Waals surface area contributed by atoms with Crippen LogP contribution in [0.1, 0.15) is 15.9 Å². The van der Waals surface area contributed by atoms with Crippen LogP contribution in [0.3, 0.4) is 0 Å². The number of nitriles is 1. The van der Waals surface area contributed by atoms with E-state index in [9.17, 15) is 4.79 Å². The van der Waals surface area contributed by atoms with E-state index in [2.05, 4.69) is 6.07 Å². The smallest absolute Gasteiger partial charge is 0.253 e. The summed E-state index contributed by atoms with van der Waals surface area (Å²) >= 11 is 1.87. The quantitative estimate of drug-likeness (QED) is 0.741. The third-order valence-corrected chi connectivity index (χ3v) is 3.48. The van der Waals surface area contributed by atoms with Crippen LogP contribution in [0.2, 0.25) is 0 Å². The molecule has 1 aromatic rings. The molecule has 16 heavy (non-hydrogen) atoms. The summed E-state index contributed by atoms with van der Waals surface area (Å²) in [5.74, 6) is 2.05. The van der Waals surface area contributed by atoms with E-state index in [1.54, 1.807) is 24.3 Å². The van der Waals surface area contributed by atoms with Gasteiger partial charge in [0.15, 0.2) is 0 Å². The third kappa shape index (κ3) is 2.37. The van der Waals surface area contributed by atoms with E-state index >= 15 is 0 Å². The molecule has 0 unspecified atom stereocenters. The predicted molar refractivity (Wildman–Crippen MR) is 64.4 cm³/mol. The maximum atomic E-state index is 12.1. The molecule has 82 valence electrons. The molecule has 1 heterocycles. The van der Waals surface area contributed by atoms with Gasteiger partial charge in [-0.2, -0.15) is 17.0 Å². The topological polar surface area (TPSA) is 44.1 Å². The number of benzene rings is 1. The van der Waals surface area contributed by atoms with Crippen molar-refractivity contribution in [1.29, 1.82) is 5.26 Å². The van der Waals surface area contributed by atoms with Crippen molar-refractivity contribution in [3.8, 4) is 6.07 Å². The Hall–Kier alpha value is -1.47. The van der Waals surface area contributed by atoms with E-state index in [1.807, 2.05) is 16.7 Å². The van der Waals surface area contributed by atoms with Crippen LogP contribution in [0, 0.1) is 11.3 Å². The molecule has 2 rings (SSSR count). The zero-order chi connectivity index (χ0) is 11.4. The number of hydrogen-bond donors (Lipinski definition) is 0. The predicted octanol–water partition coefficient (Wildman–Crippen LogP) is 1.75. The first-order valence-corrected chi connectivity index (χ1v) is 6.34. The maximum absolute atomic E-state index is 12.1. The summed E-state index contributed by atoms with van der Waals surface area (Å²) in [5.41, 5.74) is 1.16. The van der Waals surface area contributed by atoms with Gasteiger partial charge in [-0.05, 0) is 18.2 Å². The number of carbonyl (C=O) groups is 1. The first-order valence-electron chi connectivity index (χ1n) is 5.18. The molecule has 1 fully saturated rings. The Morgan fingerprint density at radius 3 is 2.81 bits per heavy atom. The van der Waals surface area contributed by atoms with Gasteiger partial charge in [-0.1, -0.05) is 6.07 Å². The largest absolute Gasteiger partial charge is 0.337 e. The molecule has 0 radical (unpaired) electrons. The normalized spacial score (nSPS) is 15.6. The first-order chi connectivity index (χ1) is 7.81. The molecule has 0 bridgehead atoms. The highest BCUT2D eigenvalue weighted by Crippen LogP contribution is 2.13. The molecule has 0 aliphatic carbocycles. The molecule has 3 nitrogen and oxygen atoms in total. The molecule has 0 aromatic heterocycles. The van der Waals surface area contributed by atoms with Gasteiger partial charge < -0.3 is 4.90 Å². The number of nitrogens with zero attached hydrogens (tertiary/aromatic N) is 2. The summed E-state index contributed by atoms with van der Waals surface area (Å²) in [5, 5.41) is 8.78. The number of amides is 1. The molecule has 1 aliphatic heterocycles. The van der Waals surface area contributed by atoms with Gasteiger partial charge in [-0.3, -0.25) is 4.79 Å². The van der Waals surface area contributed by atoms with Crippen molar-refractivity contribution in [2.75, 3.05) is 24.6 Å². The molecule has 0 spiro atoms. The van der Waals surface area contributed by atoms with Gasteiger partial charge in [0.05, 0.1) is 11.6 Å². The van der Waals surface area contributed by atoms with Crippen molar-refractivity contribution in [2.45, 2.75) is 0 Å². The second-order valence-electron chi connectivity index (χ2n) is 3.60. The van der Waals surface area contributed by atoms with Crippen LogP contribution in [-0.4, -0.2) is 35.4 Å². The summed E-state index contributed by atoms with van der Waals surface area (Å²) in [6, 6.07) is 8.94. The van der Waals surface area contributed by atoms with Crippen molar-refractivity contribution in [3.63, 3.8) is 0 Å². The van der Waals surface area contributed by atoms with Gasteiger partial charge in [-0.25, -0.2) is 0 Å². The van der Waals surface area contributed by atoms with Gasteiger partial charge in [0, 0.05) is 30.2 Å². The van der Waals surface area contributed by atoms with E-state index < -0.39 is 0 Å². The lowest BCUT2D eigenvalue weighted by Gasteiger charge is -2.26. The van der Waals surface area contributed by atoms with Crippen LogP contribution < -0.4 is 0 Å². The van der Waals surface area contributed by atoms with E-state index in [1.165, 1.54) is 0 Å². The minimum absolute atomic E-state index is 0.0393. The molecular formula is C12H12N2OS. The standard InChI is InChI=1S/C12H12N2OS/c13-9-10-2-1-3-11(8-10)12(15)14-4-6-16-7-5-14/h1-3,8H,4-7H2. The average Bonchev–Trinajstić information content (AvgIpc) is 2.39.